The number of benzene rings is 2. The van der Waals surface area contributed by atoms with Crippen LogP contribution in [-0.4, -0.2) is 18.8 Å². The summed E-state index contributed by atoms with van der Waals surface area (Å²) in [6.45, 7) is 23.3. The van der Waals surface area contributed by atoms with Crippen LogP contribution in [0.15, 0.2) is 95.1 Å². The van der Waals surface area contributed by atoms with Gasteiger partial charge in [-0.15, -0.1) is 0 Å². The molecule has 5 aromatic rings. The molecule has 0 amide bonds. The second-order valence-corrected chi connectivity index (χ2v) is 22.5. The van der Waals surface area contributed by atoms with Gasteiger partial charge < -0.3 is 4.42 Å². The first kappa shape index (κ1) is 33.1. The number of hydrogen-bond donors (Lipinski definition) is 0. The third kappa shape index (κ3) is 5.81. The highest BCUT2D eigenvalue weighted by Crippen LogP contribution is 2.45. The number of nitrogens with zero attached hydrogens (tertiary/aromatic N) is 3. The Morgan fingerprint density at radius 2 is 1.74 bits per heavy atom. The fourth-order valence-electron chi connectivity index (χ4n) is 9.22. The number of rotatable bonds is 5. The Bertz CT molecular complexity index is 2200. The van der Waals surface area contributed by atoms with Gasteiger partial charge in [-0.05, 0) is 78.0 Å². The number of allylic oxidation sites excluding steroid dienone is 2. The molecule has 8 rings (SSSR count). The minimum absolute atomic E-state index is 0.00702. The minimum Gasteiger partial charge on any atom is -0.437 e. The lowest BCUT2D eigenvalue weighted by Gasteiger charge is -2.32. The largest absolute Gasteiger partial charge is 0.437 e. The van der Waals surface area contributed by atoms with Crippen molar-refractivity contribution in [1.82, 2.24) is 4.98 Å². The maximum atomic E-state index is 6.69. The number of hydrogen-bond acceptors (Lipinski definition) is 3. The Hall–Kier alpha value is -4.09. The van der Waals surface area contributed by atoms with Crippen molar-refractivity contribution in [2.45, 2.75) is 104 Å². The maximum Gasteiger partial charge on any atom is 0.227 e. The van der Waals surface area contributed by atoms with Gasteiger partial charge in [-0.3, -0.25) is 0 Å². The van der Waals surface area contributed by atoms with Crippen molar-refractivity contribution >= 4 is 41.0 Å². The molecule has 1 fully saturated rings. The number of aryl methyl sites for hydroxylation is 1. The topological polar surface area (TPSA) is 42.3 Å². The molecule has 1 saturated carbocycles. The van der Waals surface area contributed by atoms with Crippen LogP contribution < -0.4 is 9.75 Å². The van der Waals surface area contributed by atoms with Crippen LogP contribution in [0.1, 0.15) is 92.8 Å². The summed E-state index contributed by atoms with van der Waals surface area (Å²) in [5, 5.41) is 3.70. The predicted molar refractivity (Wildman–Crippen MR) is 211 cm³/mol. The fraction of sp³-hybridized carbons (Fsp3) is 0.400. The molecule has 2 unspecified atom stereocenters. The quantitative estimate of drug-likeness (QED) is 0.137. The van der Waals surface area contributed by atoms with Gasteiger partial charge in [0.15, 0.2) is 6.20 Å². The Morgan fingerprint density at radius 1 is 0.980 bits per heavy atom. The summed E-state index contributed by atoms with van der Waals surface area (Å²) in [6, 6.07) is 20.5. The van der Waals surface area contributed by atoms with E-state index in [2.05, 4.69) is 112 Å². The zero-order chi connectivity index (χ0) is 34.9. The van der Waals surface area contributed by atoms with E-state index in [0.717, 1.165) is 64.2 Å². The number of aromatic nitrogens is 2. The summed E-state index contributed by atoms with van der Waals surface area (Å²) in [6.07, 6.45) is 13.9. The lowest BCUT2D eigenvalue weighted by Crippen LogP contribution is -2.54. The third-order valence-corrected chi connectivity index (χ3v) is 13.5. The molecule has 0 radical (unpaired) electrons. The van der Waals surface area contributed by atoms with Crippen LogP contribution in [0.3, 0.4) is 0 Å². The Labute approximate surface area is 299 Å². The van der Waals surface area contributed by atoms with E-state index in [0.29, 0.717) is 5.71 Å². The van der Waals surface area contributed by atoms with E-state index in [9.17, 15) is 0 Å². The molecule has 0 saturated heterocycles. The minimum atomic E-state index is -1.67. The highest BCUT2D eigenvalue weighted by atomic mass is 28.3. The van der Waals surface area contributed by atoms with Crippen molar-refractivity contribution in [2.75, 3.05) is 0 Å². The summed E-state index contributed by atoms with van der Waals surface area (Å²) in [7, 11) is -1.67. The number of fused-ring (bicyclic) bond motifs is 11. The average Bonchev–Trinajstić information content (AvgIpc) is 3.72. The molecule has 5 heterocycles. The average molecular weight is 679 g/mol. The highest BCUT2D eigenvalue weighted by molar-refractivity contribution is 6.89. The zero-order valence-electron chi connectivity index (χ0n) is 30.9. The molecule has 0 N–H and O–H groups in total. The Kier molecular flexibility index (Phi) is 8.13. The van der Waals surface area contributed by atoms with E-state index in [1.165, 1.54) is 54.5 Å². The molecule has 2 aromatic carbocycles. The van der Waals surface area contributed by atoms with Crippen molar-refractivity contribution in [2.24, 2.45) is 16.3 Å². The number of pyridine rings is 2. The van der Waals surface area contributed by atoms with E-state index in [4.69, 9.17) is 21.0 Å². The van der Waals surface area contributed by atoms with Crippen LogP contribution in [0.2, 0.25) is 19.6 Å². The van der Waals surface area contributed by atoms with Gasteiger partial charge >= 0.3 is 0 Å². The second-order valence-electron chi connectivity index (χ2n) is 17.5. The van der Waals surface area contributed by atoms with Crippen LogP contribution >= 0.6 is 0 Å². The molecule has 2 aliphatic heterocycles. The molecule has 3 aliphatic rings. The summed E-state index contributed by atoms with van der Waals surface area (Å²) in [5.41, 5.74) is 12.3. The van der Waals surface area contributed by atoms with Gasteiger partial charge in [0.05, 0.1) is 19.7 Å². The molecule has 1 aliphatic carbocycles. The second kappa shape index (κ2) is 12.3. The third-order valence-electron chi connectivity index (χ3n) is 11.5. The molecular formula is C45H52N3OSi+. The van der Waals surface area contributed by atoms with E-state index >= 15 is 0 Å². The maximum absolute atomic E-state index is 6.69. The predicted octanol–water partition coefficient (Wildman–Crippen LogP) is 10.6. The molecule has 4 nitrogen and oxygen atoms in total. The number of furan rings is 1. The first-order valence-electron chi connectivity index (χ1n) is 18.8. The van der Waals surface area contributed by atoms with Crippen molar-refractivity contribution in [1.29, 1.82) is 0 Å². The molecule has 5 heteroatoms. The standard InChI is InChI=1S/C45H52N3OSi/c1-9-38-41-30(19-22-36-37-23-20-32(26-45(3,4)5)47-44(37)49-43(36)41)18-21-35-33-16-12-13-17-34(33)39-25-31(24-29-14-10-11-15-29)40(50(6,7)8)27-48(39)42(35)28(2)46-38/h9,12-13,16-17,19-20,22-23,25,27,29,35,42H,1-2,10-11,14-15,18,21,24,26H2,3-8H3/q+1/b46-38-. The first-order chi connectivity index (χ1) is 23.9. The van der Waals surface area contributed by atoms with E-state index in [-0.39, 0.29) is 17.4 Å². The van der Waals surface area contributed by atoms with Gasteiger partial charge in [0.1, 0.15) is 11.3 Å². The first-order valence-corrected chi connectivity index (χ1v) is 22.3. The lowest BCUT2D eigenvalue weighted by atomic mass is 9.78. The Balaban J connectivity index is 1.30. The highest BCUT2D eigenvalue weighted by Gasteiger charge is 2.44. The summed E-state index contributed by atoms with van der Waals surface area (Å²) in [5.74, 6) is 1.04. The smallest absolute Gasteiger partial charge is 0.227 e. The monoisotopic (exact) mass is 678 g/mol. The summed E-state index contributed by atoms with van der Waals surface area (Å²) >= 11 is 0. The van der Waals surface area contributed by atoms with Crippen LogP contribution in [0.4, 0.5) is 0 Å². The summed E-state index contributed by atoms with van der Waals surface area (Å²) in [4.78, 5) is 10.4. The van der Waals surface area contributed by atoms with Gasteiger partial charge in [-0.25, -0.2) is 9.98 Å². The molecule has 2 atom stereocenters. The molecule has 0 spiro atoms. The van der Waals surface area contributed by atoms with Crippen LogP contribution in [-0.2, 0) is 19.3 Å². The number of aliphatic imine (C=N–C) groups is 1. The fourth-order valence-corrected chi connectivity index (χ4v) is 10.9. The lowest BCUT2D eigenvalue weighted by molar-refractivity contribution is -0.708. The van der Waals surface area contributed by atoms with Gasteiger partial charge in [-0.2, -0.15) is 4.57 Å². The van der Waals surface area contributed by atoms with Gasteiger partial charge in [0, 0.05) is 38.8 Å². The van der Waals surface area contributed by atoms with Crippen LogP contribution in [0.25, 0.3) is 33.3 Å². The zero-order valence-corrected chi connectivity index (χ0v) is 31.9. The molecule has 50 heavy (non-hydrogen) atoms. The van der Waals surface area contributed by atoms with Gasteiger partial charge in [0.25, 0.3) is 0 Å². The van der Waals surface area contributed by atoms with Crippen molar-refractivity contribution in [3.05, 3.63) is 114 Å². The molecule has 0 bridgehead atoms. The molecule has 256 valence electrons. The van der Waals surface area contributed by atoms with E-state index in [1.54, 1.807) is 10.8 Å². The van der Waals surface area contributed by atoms with Crippen molar-refractivity contribution in [3.63, 3.8) is 0 Å². The van der Waals surface area contributed by atoms with Crippen molar-refractivity contribution in [3.8, 4) is 11.3 Å². The molecule has 3 aromatic heterocycles. The summed E-state index contributed by atoms with van der Waals surface area (Å²) < 4.78 is 9.26. The van der Waals surface area contributed by atoms with Gasteiger partial charge in [-0.1, -0.05) is 110 Å². The molecular weight excluding hydrogens is 627 g/mol. The Morgan fingerprint density at radius 3 is 2.48 bits per heavy atom. The van der Waals surface area contributed by atoms with Crippen LogP contribution in [0, 0.1) is 11.3 Å². The van der Waals surface area contributed by atoms with Gasteiger partial charge in [0.2, 0.25) is 17.4 Å². The van der Waals surface area contributed by atoms with E-state index in [1.807, 2.05) is 6.08 Å². The van der Waals surface area contributed by atoms with Crippen molar-refractivity contribution < 1.29 is 8.98 Å². The SMILES string of the molecule is C=C/C1=N/C(=C)C2C(CCc3ccc4c(oc5nc(CC(C)(C)C)ccc54)c31)c1ccccc1-c1cc(CC3CCCC3)c([Si](C)(C)C)c[n+]12. The normalized spacial score (nSPS) is 20.7. The van der Waals surface area contributed by atoms with E-state index < -0.39 is 8.07 Å². The van der Waals surface area contributed by atoms with Crippen LogP contribution in [0.5, 0.6) is 0 Å².